The average molecular weight is 433 g/mol. The Morgan fingerprint density at radius 2 is 1.94 bits per heavy atom. The van der Waals surface area contributed by atoms with Crippen LogP contribution in [0.15, 0.2) is 11.6 Å². The first kappa shape index (κ1) is 23.3. The number of rotatable bonds is 6. The zero-order chi connectivity index (χ0) is 22.6. The zero-order valence-electron chi connectivity index (χ0n) is 20.1. The Hall–Kier alpha value is -0.870. The third kappa shape index (κ3) is 3.90. The van der Waals surface area contributed by atoms with Gasteiger partial charge in [0.15, 0.2) is 5.60 Å². The molecule has 0 aliphatic heterocycles. The summed E-state index contributed by atoms with van der Waals surface area (Å²) < 4.78 is 0. The summed E-state index contributed by atoms with van der Waals surface area (Å²) in [5.41, 5.74) is 0.640. The van der Waals surface area contributed by atoms with Crippen LogP contribution in [0, 0.1) is 40.4 Å². The fourth-order valence-electron chi connectivity index (χ4n) is 8.69. The lowest BCUT2D eigenvalue weighted by molar-refractivity contribution is -0.157. The lowest BCUT2D eigenvalue weighted by Gasteiger charge is -2.58. The molecular weight excluding hydrogens is 388 g/mol. The minimum absolute atomic E-state index is 0.136. The molecule has 0 aromatic rings. The lowest BCUT2D eigenvalue weighted by atomic mass is 9.47. The number of carbonyl (C=O) groups is 1. The SMILES string of the molecule is C[C@H](CCCC(C)(O)C(=O)O)[C@H]1CC[C@H]2[C@@H]3CC=C4C[C@@H](O)CC[C@]4(C)[C@H]3CC[C@]12C. The van der Waals surface area contributed by atoms with E-state index in [1.54, 1.807) is 5.57 Å². The predicted molar refractivity (Wildman–Crippen MR) is 122 cm³/mol. The third-order valence-electron chi connectivity index (χ3n) is 10.6. The molecule has 0 aromatic heterocycles. The van der Waals surface area contributed by atoms with Crippen molar-refractivity contribution in [1.82, 2.24) is 0 Å². The largest absolute Gasteiger partial charge is 0.479 e. The molecule has 3 N–H and O–H groups in total. The maximum absolute atomic E-state index is 11.2. The zero-order valence-corrected chi connectivity index (χ0v) is 20.1. The van der Waals surface area contributed by atoms with Gasteiger partial charge in [-0.3, -0.25) is 0 Å². The highest BCUT2D eigenvalue weighted by Gasteiger charge is 2.59. The maximum atomic E-state index is 11.2. The van der Waals surface area contributed by atoms with Gasteiger partial charge in [0.25, 0.3) is 0 Å². The number of hydrogen-bond donors (Lipinski definition) is 3. The lowest BCUT2D eigenvalue weighted by Crippen LogP contribution is -2.50. The number of aliphatic hydroxyl groups excluding tert-OH is 1. The number of fused-ring (bicyclic) bond motifs is 5. The third-order valence-corrected chi connectivity index (χ3v) is 10.6. The van der Waals surface area contributed by atoms with Crippen molar-refractivity contribution in [2.45, 2.75) is 110 Å². The van der Waals surface area contributed by atoms with Gasteiger partial charge in [-0.1, -0.05) is 38.8 Å². The molecule has 0 saturated heterocycles. The minimum Gasteiger partial charge on any atom is -0.479 e. The van der Waals surface area contributed by atoms with Gasteiger partial charge in [-0.15, -0.1) is 0 Å². The van der Waals surface area contributed by atoms with Gasteiger partial charge in [-0.25, -0.2) is 4.79 Å². The summed E-state index contributed by atoms with van der Waals surface area (Å²) in [4.78, 5) is 11.2. The van der Waals surface area contributed by atoms with E-state index in [1.807, 2.05) is 0 Å². The van der Waals surface area contributed by atoms with Crippen molar-refractivity contribution in [3.8, 4) is 0 Å². The van der Waals surface area contributed by atoms with Gasteiger partial charge in [0.05, 0.1) is 6.10 Å². The molecule has 4 rings (SSSR count). The molecule has 0 heterocycles. The molecule has 3 saturated carbocycles. The van der Waals surface area contributed by atoms with Crippen molar-refractivity contribution < 1.29 is 20.1 Å². The first-order valence-electron chi connectivity index (χ1n) is 12.8. The standard InChI is InChI=1S/C27H44O4/c1-17(6-5-13-27(4,31)24(29)30)21-9-10-22-20-8-7-18-16-19(28)11-14-25(18,2)23(20)12-15-26(21,22)3/h7,17,19-23,28,31H,5-6,8-16H2,1-4H3,(H,29,30)/t17-,19+,20+,21-,22+,23+,25+,26-,27?/m1/s1. The maximum Gasteiger partial charge on any atom is 0.335 e. The van der Waals surface area contributed by atoms with E-state index in [9.17, 15) is 20.1 Å². The predicted octanol–water partition coefficient (Wildman–Crippen LogP) is 5.57. The fraction of sp³-hybridized carbons (Fsp3) is 0.889. The Morgan fingerprint density at radius 1 is 1.19 bits per heavy atom. The van der Waals surface area contributed by atoms with Crippen molar-refractivity contribution in [2.75, 3.05) is 0 Å². The van der Waals surface area contributed by atoms with Crippen LogP contribution in [0.3, 0.4) is 0 Å². The summed E-state index contributed by atoms with van der Waals surface area (Å²) >= 11 is 0. The summed E-state index contributed by atoms with van der Waals surface area (Å²) in [6.07, 6.45) is 13.9. The Kier molecular flexibility index (Phi) is 6.14. The second-order valence-electron chi connectivity index (χ2n) is 12.3. The van der Waals surface area contributed by atoms with Gasteiger partial charge in [0, 0.05) is 0 Å². The molecule has 0 radical (unpaired) electrons. The van der Waals surface area contributed by atoms with Gasteiger partial charge in [0.1, 0.15) is 0 Å². The smallest absolute Gasteiger partial charge is 0.335 e. The molecule has 0 aromatic carbocycles. The molecule has 1 unspecified atom stereocenters. The molecule has 9 atom stereocenters. The Morgan fingerprint density at radius 3 is 2.65 bits per heavy atom. The van der Waals surface area contributed by atoms with Gasteiger partial charge < -0.3 is 15.3 Å². The quantitative estimate of drug-likeness (QED) is 0.480. The van der Waals surface area contributed by atoms with Crippen LogP contribution in [0.4, 0.5) is 0 Å². The topological polar surface area (TPSA) is 77.8 Å². The Labute approximate surface area is 188 Å². The molecule has 0 bridgehead atoms. The first-order valence-corrected chi connectivity index (χ1v) is 12.8. The molecule has 4 nitrogen and oxygen atoms in total. The molecule has 3 fully saturated rings. The van der Waals surface area contributed by atoms with E-state index in [1.165, 1.54) is 39.0 Å². The summed E-state index contributed by atoms with van der Waals surface area (Å²) in [7, 11) is 0. The highest BCUT2D eigenvalue weighted by Crippen LogP contribution is 2.67. The second kappa shape index (κ2) is 8.17. The van der Waals surface area contributed by atoms with Crippen molar-refractivity contribution in [3.05, 3.63) is 11.6 Å². The van der Waals surface area contributed by atoms with Crippen LogP contribution < -0.4 is 0 Å². The number of allylic oxidation sites excluding steroid dienone is 1. The summed E-state index contributed by atoms with van der Waals surface area (Å²) in [5.74, 6) is 2.53. The molecule has 0 amide bonds. The van der Waals surface area contributed by atoms with E-state index in [0.29, 0.717) is 29.1 Å². The second-order valence-corrected chi connectivity index (χ2v) is 12.3. The molecule has 176 valence electrons. The van der Waals surface area contributed by atoms with E-state index >= 15 is 0 Å². The van der Waals surface area contributed by atoms with Gasteiger partial charge in [0.2, 0.25) is 0 Å². The molecular formula is C27H44O4. The van der Waals surface area contributed by atoms with Crippen LogP contribution in [0.5, 0.6) is 0 Å². The highest BCUT2D eigenvalue weighted by atomic mass is 16.4. The number of carboxylic acid groups (broad SMARTS) is 1. The highest BCUT2D eigenvalue weighted by molar-refractivity contribution is 5.76. The normalized spacial score (nSPS) is 45.0. The number of carboxylic acids is 1. The number of aliphatic hydroxyl groups is 2. The van der Waals surface area contributed by atoms with Crippen LogP contribution in [-0.2, 0) is 4.79 Å². The summed E-state index contributed by atoms with van der Waals surface area (Å²) in [6, 6.07) is 0. The number of hydrogen-bond acceptors (Lipinski definition) is 3. The van der Waals surface area contributed by atoms with E-state index < -0.39 is 11.6 Å². The minimum atomic E-state index is -1.60. The molecule has 31 heavy (non-hydrogen) atoms. The summed E-state index contributed by atoms with van der Waals surface area (Å²) in [6.45, 7) is 8.84. The van der Waals surface area contributed by atoms with Gasteiger partial charge in [-0.05, 0) is 112 Å². The van der Waals surface area contributed by atoms with Crippen molar-refractivity contribution in [2.24, 2.45) is 40.4 Å². The molecule has 0 spiro atoms. The molecule has 4 heteroatoms. The average Bonchev–Trinajstić information content (AvgIpc) is 3.05. The monoisotopic (exact) mass is 432 g/mol. The van der Waals surface area contributed by atoms with Crippen LogP contribution >= 0.6 is 0 Å². The van der Waals surface area contributed by atoms with E-state index in [4.69, 9.17) is 0 Å². The summed E-state index contributed by atoms with van der Waals surface area (Å²) in [5, 5.41) is 29.4. The van der Waals surface area contributed by atoms with Crippen molar-refractivity contribution >= 4 is 5.97 Å². The van der Waals surface area contributed by atoms with Crippen LogP contribution in [-0.4, -0.2) is 33.0 Å². The van der Waals surface area contributed by atoms with Crippen LogP contribution in [0.2, 0.25) is 0 Å². The van der Waals surface area contributed by atoms with Gasteiger partial charge in [-0.2, -0.15) is 0 Å². The van der Waals surface area contributed by atoms with E-state index in [0.717, 1.165) is 49.9 Å². The van der Waals surface area contributed by atoms with E-state index in [-0.39, 0.29) is 6.10 Å². The Balaban J connectivity index is 1.44. The molecule has 4 aliphatic carbocycles. The van der Waals surface area contributed by atoms with Crippen molar-refractivity contribution in [1.29, 1.82) is 0 Å². The Bertz CT molecular complexity index is 727. The van der Waals surface area contributed by atoms with Crippen LogP contribution in [0.25, 0.3) is 0 Å². The van der Waals surface area contributed by atoms with Gasteiger partial charge >= 0.3 is 5.97 Å². The van der Waals surface area contributed by atoms with Crippen molar-refractivity contribution in [3.63, 3.8) is 0 Å². The first-order chi connectivity index (χ1) is 14.5. The van der Waals surface area contributed by atoms with E-state index in [2.05, 4.69) is 26.8 Å². The van der Waals surface area contributed by atoms with Crippen LogP contribution in [0.1, 0.15) is 98.3 Å². The number of aliphatic carboxylic acids is 1. The fourth-order valence-corrected chi connectivity index (χ4v) is 8.69. The molecule has 4 aliphatic rings.